The van der Waals surface area contributed by atoms with E-state index >= 15 is 0 Å². The van der Waals surface area contributed by atoms with Gasteiger partial charge in [0.1, 0.15) is 25.4 Å². The van der Waals surface area contributed by atoms with E-state index in [4.69, 9.17) is 32.3 Å². The van der Waals surface area contributed by atoms with Gasteiger partial charge in [0.15, 0.2) is 6.10 Å². The lowest BCUT2D eigenvalue weighted by molar-refractivity contribution is -0.161. The van der Waals surface area contributed by atoms with Crippen LogP contribution in [0, 0.1) is 0 Å². The van der Waals surface area contributed by atoms with E-state index in [-0.39, 0.29) is 19.3 Å². The number of aliphatic hydroxyl groups is 2. The molecule has 5 unspecified atom stereocenters. The zero-order chi connectivity index (χ0) is 73.7. The van der Waals surface area contributed by atoms with E-state index in [0.717, 1.165) is 173 Å². The summed E-state index contributed by atoms with van der Waals surface area (Å²) < 4.78 is 61.1. The van der Waals surface area contributed by atoms with Gasteiger partial charge in [0.05, 0.1) is 26.4 Å². The molecule has 0 fully saturated rings. The highest BCUT2D eigenvalue weighted by atomic mass is 31.2. The first kappa shape index (κ1) is 96.2. The van der Waals surface area contributed by atoms with Crippen molar-refractivity contribution in [3.8, 4) is 0 Å². The standard InChI is InChI=1S/C83H138O16P2/c1-4-7-10-13-16-19-22-25-28-31-33-34-35-36-37-38-39-40-41-42-44-47-48-51-54-57-60-63-66-69-81(86)93-72-78(84)73-95-100(89,90)96-74-79(85)75-97-101(91,92)98-77-80(99-83(88)71-68-65-62-59-56-53-50-45-30-27-24-21-18-15-12-9-6-3)76-94-82(87)70-67-64-61-58-55-52-49-46-43-32-29-26-23-20-17-14-11-8-5-2/h7-12,16-21,25-30,33-34,36-37,43,46,50,53,78-80,84-85H,4-6,13-15,22-24,31-32,35,38-42,44-45,47-49,51-52,54-77H2,1-3H3,(H,89,90)(H,91,92)/b10-7-,11-8-,12-9-,19-16-,20-17-,21-18-,28-25-,29-26-,30-27-,34-33-,37-36-,46-43-,53-50-. The topological polar surface area (TPSA) is 231 Å². The van der Waals surface area contributed by atoms with Crippen molar-refractivity contribution < 1.29 is 75.8 Å². The quantitative estimate of drug-likeness (QED) is 0.0146. The van der Waals surface area contributed by atoms with Gasteiger partial charge >= 0.3 is 33.6 Å². The van der Waals surface area contributed by atoms with Gasteiger partial charge < -0.3 is 34.2 Å². The first-order chi connectivity index (χ1) is 49.2. The molecule has 5 atom stereocenters. The van der Waals surface area contributed by atoms with Crippen LogP contribution in [0.2, 0.25) is 0 Å². The Balaban J connectivity index is 4.58. The number of phosphoric acid groups is 2. The summed E-state index contributed by atoms with van der Waals surface area (Å²) >= 11 is 0. The molecule has 0 spiro atoms. The molecule has 0 aliphatic carbocycles. The van der Waals surface area contributed by atoms with Crippen molar-refractivity contribution >= 4 is 33.6 Å². The summed E-state index contributed by atoms with van der Waals surface area (Å²) in [5.74, 6) is -1.62. The molecule has 0 aromatic heterocycles. The van der Waals surface area contributed by atoms with E-state index < -0.39 is 91.5 Å². The number of hydrogen-bond donors (Lipinski definition) is 4. The van der Waals surface area contributed by atoms with Crippen molar-refractivity contribution in [3.05, 3.63) is 158 Å². The molecule has 576 valence electrons. The molecular weight excluding hydrogens is 1310 g/mol. The van der Waals surface area contributed by atoms with E-state index in [1.54, 1.807) is 0 Å². The zero-order valence-electron chi connectivity index (χ0n) is 62.8. The highest BCUT2D eigenvalue weighted by Gasteiger charge is 2.29. The Bertz CT molecular complexity index is 2470. The number of aliphatic hydroxyl groups excluding tert-OH is 2. The molecule has 0 radical (unpaired) electrons. The summed E-state index contributed by atoms with van der Waals surface area (Å²) in [4.78, 5) is 58.6. The summed E-state index contributed by atoms with van der Waals surface area (Å²) in [5.41, 5.74) is 0. The van der Waals surface area contributed by atoms with Gasteiger partial charge in [-0.2, -0.15) is 0 Å². The lowest BCUT2D eigenvalue weighted by atomic mass is 10.0. The maximum Gasteiger partial charge on any atom is 0.472 e. The molecule has 0 saturated heterocycles. The monoisotopic (exact) mass is 1450 g/mol. The van der Waals surface area contributed by atoms with Crippen molar-refractivity contribution in [1.29, 1.82) is 0 Å². The summed E-state index contributed by atoms with van der Waals surface area (Å²) in [6.45, 7) is 2.29. The molecule has 0 saturated carbocycles. The Morgan fingerprint density at radius 3 is 0.782 bits per heavy atom. The van der Waals surface area contributed by atoms with Crippen molar-refractivity contribution in [3.63, 3.8) is 0 Å². The third-order valence-electron chi connectivity index (χ3n) is 15.7. The van der Waals surface area contributed by atoms with Crippen molar-refractivity contribution in [2.75, 3.05) is 39.6 Å². The maximum absolute atomic E-state index is 13.0. The number of phosphoric ester groups is 2. The van der Waals surface area contributed by atoms with Gasteiger partial charge in [0.2, 0.25) is 0 Å². The second kappa shape index (κ2) is 74.9. The van der Waals surface area contributed by atoms with Crippen LogP contribution in [0.5, 0.6) is 0 Å². The first-order valence-electron chi connectivity index (χ1n) is 38.8. The SMILES string of the molecule is CC/C=C\C/C=C\C/C=C\C/C=C\C/C=C\CCCCCCCCCCCCCCCC(=O)OCC(O)COP(=O)(O)OCC(O)COP(=O)(O)OCC(COC(=O)CCCCCCCC/C=C\C/C=C\C/C=C\C/C=C\CC)OC(=O)CCCCCC/C=C\C/C=C\C/C=C\C/C=C\CC. The molecular formula is C83H138O16P2. The van der Waals surface area contributed by atoms with E-state index in [9.17, 15) is 43.5 Å². The summed E-state index contributed by atoms with van der Waals surface area (Å²) in [7, 11) is -9.81. The molecule has 18 heteroatoms. The van der Waals surface area contributed by atoms with E-state index in [0.29, 0.717) is 19.3 Å². The van der Waals surface area contributed by atoms with Crippen LogP contribution in [-0.2, 0) is 55.8 Å². The maximum atomic E-state index is 13.0. The Hall–Kier alpha value is -4.83. The van der Waals surface area contributed by atoms with Gasteiger partial charge in [0.25, 0.3) is 0 Å². The number of carbonyl (C=O) groups excluding carboxylic acids is 3. The predicted octanol–water partition coefficient (Wildman–Crippen LogP) is 22.6. The minimum absolute atomic E-state index is 0.0684. The van der Waals surface area contributed by atoms with Crippen molar-refractivity contribution in [1.82, 2.24) is 0 Å². The lowest BCUT2D eigenvalue weighted by Crippen LogP contribution is -2.30. The predicted molar refractivity (Wildman–Crippen MR) is 417 cm³/mol. The van der Waals surface area contributed by atoms with E-state index in [2.05, 4.69) is 179 Å². The molecule has 101 heavy (non-hydrogen) atoms. The first-order valence-corrected chi connectivity index (χ1v) is 41.8. The summed E-state index contributed by atoms with van der Waals surface area (Å²) in [6, 6.07) is 0. The van der Waals surface area contributed by atoms with Crippen molar-refractivity contribution in [2.24, 2.45) is 0 Å². The van der Waals surface area contributed by atoms with Gasteiger partial charge in [-0.15, -0.1) is 0 Å². The number of ether oxygens (including phenoxy) is 3. The van der Waals surface area contributed by atoms with Crippen LogP contribution in [-0.4, -0.2) is 95.9 Å². The van der Waals surface area contributed by atoms with Crippen LogP contribution in [0.1, 0.15) is 290 Å². The van der Waals surface area contributed by atoms with E-state index in [1.807, 2.05) is 0 Å². The second-order valence-corrected chi connectivity index (χ2v) is 28.3. The normalized spacial score (nSPS) is 14.9. The molecule has 0 aliphatic heterocycles. The third-order valence-corrected chi connectivity index (χ3v) is 17.6. The smallest absolute Gasteiger partial charge is 0.463 e. The zero-order valence-corrected chi connectivity index (χ0v) is 64.6. The average Bonchev–Trinajstić information content (AvgIpc) is 1.06. The molecule has 0 bridgehead atoms. The number of unbranched alkanes of at least 4 members (excludes halogenated alkanes) is 23. The van der Waals surface area contributed by atoms with Gasteiger partial charge in [-0.05, 0) is 141 Å². The van der Waals surface area contributed by atoms with Gasteiger partial charge in [-0.25, -0.2) is 9.13 Å². The molecule has 16 nitrogen and oxygen atoms in total. The van der Waals surface area contributed by atoms with Crippen molar-refractivity contribution in [2.45, 2.75) is 309 Å². The summed E-state index contributed by atoms with van der Waals surface area (Å²) in [6.07, 6.45) is 92.9. The largest absolute Gasteiger partial charge is 0.472 e. The Morgan fingerprint density at radius 1 is 0.277 bits per heavy atom. The molecule has 0 amide bonds. The minimum Gasteiger partial charge on any atom is -0.463 e. The fourth-order valence-corrected chi connectivity index (χ4v) is 11.5. The van der Waals surface area contributed by atoms with Gasteiger partial charge in [-0.1, -0.05) is 288 Å². The van der Waals surface area contributed by atoms with Crippen LogP contribution < -0.4 is 0 Å². The summed E-state index contributed by atoms with van der Waals surface area (Å²) in [5, 5.41) is 20.6. The molecule has 0 rings (SSSR count). The Labute approximate surface area is 612 Å². The molecule has 0 aromatic rings. The molecule has 0 aromatic carbocycles. The van der Waals surface area contributed by atoms with Crippen LogP contribution in [0.4, 0.5) is 0 Å². The van der Waals surface area contributed by atoms with Gasteiger partial charge in [-0.3, -0.25) is 32.5 Å². The molecule has 0 heterocycles. The van der Waals surface area contributed by atoms with E-state index in [1.165, 1.54) is 57.8 Å². The highest BCUT2D eigenvalue weighted by molar-refractivity contribution is 7.47. The molecule has 4 N–H and O–H groups in total. The fourth-order valence-electron chi connectivity index (χ4n) is 9.93. The fraction of sp³-hybridized carbons (Fsp3) is 0.651. The minimum atomic E-state index is -4.95. The third kappa shape index (κ3) is 76.1. The average molecular weight is 1450 g/mol. The van der Waals surface area contributed by atoms with Crippen LogP contribution in [0.3, 0.4) is 0 Å². The van der Waals surface area contributed by atoms with Crippen LogP contribution >= 0.6 is 15.6 Å². The number of rotatable bonds is 72. The Kier molecular flexibility index (Phi) is 71.3. The number of esters is 3. The lowest BCUT2D eigenvalue weighted by Gasteiger charge is -2.21. The number of allylic oxidation sites excluding steroid dienone is 26. The highest BCUT2D eigenvalue weighted by Crippen LogP contribution is 2.45. The number of hydrogen-bond acceptors (Lipinski definition) is 14. The number of carbonyl (C=O) groups is 3. The van der Waals surface area contributed by atoms with Gasteiger partial charge in [0, 0.05) is 19.3 Å². The Morgan fingerprint density at radius 2 is 0.495 bits per heavy atom. The second-order valence-electron chi connectivity index (χ2n) is 25.4. The molecule has 0 aliphatic rings. The van der Waals surface area contributed by atoms with Crippen LogP contribution in [0.25, 0.3) is 0 Å². The van der Waals surface area contributed by atoms with Crippen LogP contribution in [0.15, 0.2) is 158 Å².